The van der Waals surface area contributed by atoms with Gasteiger partial charge in [-0.15, -0.1) is 21.5 Å². The van der Waals surface area contributed by atoms with Crippen molar-refractivity contribution in [2.24, 2.45) is 4.99 Å². The van der Waals surface area contributed by atoms with E-state index in [9.17, 15) is 0 Å². The topological polar surface area (TPSA) is 52.3 Å². The number of benzene rings is 1. The average Bonchev–Trinajstić information content (AvgIpc) is 3.05. The lowest BCUT2D eigenvalue weighted by Gasteiger charge is -2.36. The molecule has 1 spiro atoms. The van der Waals surface area contributed by atoms with E-state index in [4.69, 9.17) is 21.3 Å². The third-order valence-corrected chi connectivity index (χ3v) is 6.62. The van der Waals surface area contributed by atoms with Gasteiger partial charge in [0.25, 0.3) is 0 Å². The summed E-state index contributed by atoms with van der Waals surface area (Å²) in [6.45, 7) is 7.34. The molecule has 0 radical (unpaired) electrons. The Kier molecular flexibility index (Phi) is 3.41. The molecule has 7 heteroatoms. The summed E-state index contributed by atoms with van der Waals surface area (Å²) in [4.78, 5) is 6.49. The first-order valence-corrected chi connectivity index (χ1v) is 9.66. The molecular formula is C19H17ClN4OS. The van der Waals surface area contributed by atoms with Crippen LogP contribution in [-0.4, -0.2) is 33.7 Å². The highest BCUT2D eigenvalue weighted by Gasteiger charge is 2.48. The summed E-state index contributed by atoms with van der Waals surface area (Å²) in [7, 11) is 0. The molecule has 0 bridgehead atoms. The summed E-state index contributed by atoms with van der Waals surface area (Å²) >= 11 is 7.87. The zero-order valence-corrected chi connectivity index (χ0v) is 16.3. The second-order valence-electron chi connectivity index (χ2n) is 6.86. The third-order valence-electron chi connectivity index (χ3n) is 5.17. The van der Waals surface area contributed by atoms with Crippen LogP contribution in [0.2, 0.25) is 5.02 Å². The number of aryl methyl sites for hydroxylation is 2. The van der Waals surface area contributed by atoms with Gasteiger partial charge in [-0.25, -0.2) is 0 Å². The van der Waals surface area contributed by atoms with Crippen molar-refractivity contribution in [2.75, 3.05) is 13.2 Å². The normalized spacial score (nSPS) is 17.3. The van der Waals surface area contributed by atoms with Crippen molar-refractivity contribution in [3.05, 3.63) is 62.5 Å². The lowest BCUT2D eigenvalue weighted by molar-refractivity contribution is -0.0602. The van der Waals surface area contributed by atoms with E-state index < -0.39 is 5.54 Å². The molecule has 4 heterocycles. The first kappa shape index (κ1) is 16.2. The monoisotopic (exact) mass is 384 g/mol. The van der Waals surface area contributed by atoms with E-state index in [1.807, 2.05) is 31.2 Å². The Morgan fingerprint density at radius 1 is 1.12 bits per heavy atom. The van der Waals surface area contributed by atoms with Crippen LogP contribution in [0.15, 0.2) is 29.3 Å². The number of rotatable bonds is 1. The number of aromatic nitrogens is 3. The predicted molar refractivity (Wildman–Crippen MR) is 103 cm³/mol. The molecular weight excluding hydrogens is 368 g/mol. The number of hydrogen-bond acceptors (Lipinski definition) is 5. The van der Waals surface area contributed by atoms with Crippen LogP contribution in [0.1, 0.15) is 33.2 Å². The number of aliphatic imine (C=N–C) groups is 1. The predicted octanol–water partition coefficient (Wildman–Crippen LogP) is 3.98. The van der Waals surface area contributed by atoms with Crippen LogP contribution >= 0.6 is 22.9 Å². The number of ether oxygens (including phenoxy) is 1. The molecule has 2 aromatic heterocycles. The number of nitrogens with zero attached hydrogens (tertiary/aromatic N) is 4. The smallest absolute Gasteiger partial charge is 0.171 e. The molecule has 0 atom stereocenters. The van der Waals surface area contributed by atoms with Gasteiger partial charge >= 0.3 is 0 Å². The van der Waals surface area contributed by atoms with Gasteiger partial charge in [0.1, 0.15) is 10.8 Å². The zero-order chi connectivity index (χ0) is 18.1. The van der Waals surface area contributed by atoms with Crippen LogP contribution in [0.25, 0.3) is 5.00 Å². The summed E-state index contributed by atoms with van der Waals surface area (Å²) in [5.41, 5.74) is 3.96. The molecule has 5 nitrogen and oxygen atoms in total. The minimum absolute atomic E-state index is 0.477. The number of thiophene rings is 1. The van der Waals surface area contributed by atoms with Crippen molar-refractivity contribution < 1.29 is 4.74 Å². The molecule has 0 amide bonds. The summed E-state index contributed by atoms with van der Waals surface area (Å²) in [6, 6.07) is 7.88. The molecule has 2 aliphatic rings. The molecule has 3 aromatic rings. The van der Waals surface area contributed by atoms with Gasteiger partial charge in [-0.05, 0) is 38.5 Å². The van der Waals surface area contributed by atoms with E-state index in [0.29, 0.717) is 13.2 Å². The minimum Gasteiger partial charge on any atom is -0.375 e. The van der Waals surface area contributed by atoms with Crippen molar-refractivity contribution in [1.29, 1.82) is 0 Å². The number of fused-ring (bicyclic) bond motifs is 4. The third kappa shape index (κ3) is 2.09. The zero-order valence-electron chi connectivity index (χ0n) is 14.7. The van der Waals surface area contributed by atoms with Crippen LogP contribution in [0.4, 0.5) is 0 Å². The van der Waals surface area contributed by atoms with Crippen molar-refractivity contribution in [1.82, 2.24) is 14.8 Å². The largest absolute Gasteiger partial charge is 0.375 e. The van der Waals surface area contributed by atoms with E-state index >= 15 is 0 Å². The van der Waals surface area contributed by atoms with Gasteiger partial charge in [0.05, 0.1) is 18.9 Å². The van der Waals surface area contributed by atoms with Crippen molar-refractivity contribution in [3.8, 4) is 5.00 Å². The van der Waals surface area contributed by atoms with Crippen LogP contribution in [0.3, 0.4) is 0 Å². The second kappa shape index (κ2) is 5.49. The first-order chi connectivity index (χ1) is 12.5. The first-order valence-electron chi connectivity index (χ1n) is 8.47. The van der Waals surface area contributed by atoms with E-state index in [1.165, 1.54) is 10.4 Å². The standard InChI is InChI=1S/C19H17ClN4OS/c1-10-11(2)26-17-15(10)16(13-4-6-14(20)7-5-13)21-19(8-25-9-19)18-23-22-12(3)24(17)18/h4-7H,8-9H2,1-3H3. The summed E-state index contributed by atoms with van der Waals surface area (Å²) < 4.78 is 7.73. The number of hydrogen-bond donors (Lipinski definition) is 0. The molecule has 0 unspecified atom stereocenters. The lowest BCUT2D eigenvalue weighted by Crippen LogP contribution is -2.47. The Morgan fingerprint density at radius 2 is 1.85 bits per heavy atom. The minimum atomic E-state index is -0.477. The molecule has 5 rings (SSSR count). The van der Waals surface area contributed by atoms with Gasteiger partial charge in [0.15, 0.2) is 11.4 Å². The SMILES string of the molecule is Cc1sc2c(c1C)C(c1ccc(Cl)cc1)=NC1(COC1)c1nnc(C)n1-2. The van der Waals surface area contributed by atoms with Gasteiger partial charge in [0, 0.05) is 21.0 Å². The molecule has 26 heavy (non-hydrogen) atoms. The van der Waals surface area contributed by atoms with Crippen molar-refractivity contribution in [2.45, 2.75) is 26.3 Å². The molecule has 1 aromatic carbocycles. The van der Waals surface area contributed by atoms with Gasteiger partial charge in [0.2, 0.25) is 0 Å². The van der Waals surface area contributed by atoms with E-state index in [0.717, 1.165) is 38.5 Å². The Morgan fingerprint density at radius 3 is 2.50 bits per heavy atom. The van der Waals surface area contributed by atoms with Crippen LogP contribution in [0.5, 0.6) is 0 Å². The fraction of sp³-hybridized carbons (Fsp3) is 0.316. The maximum absolute atomic E-state index is 6.11. The highest BCUT2D eigenvalue weighted by molar-refractivity contribution is 7.15. The van der Waals surface area contributed by atoms with E-state index in [2.05, 4.69) is 28.6 Å². The summed E-state index contributed by atoms with van der Waals surface area (Å²) in [6.07, 6.45) is 0. The summed E-state index contributed by atoms with van der Waals surface area (Å²) in [5, 5.41) is 10.7. The quantitative estimate of drug-likeness (QED) is 0.637. The Labute approximate surface area is 160 Å². The van der Waals surface area contributed by atoms with Crippen molar-refractivity contribution >= 4 is 28.6 Å². The van der Waals surface area contributed by atoms with Crippen LogP contribution in [0, 0.1) is 20.8 Å². The molecule has 132 valence electrons. The Hall–Kier alpha value is -2.02. The van der Waals surface area contributed by atoms with Gasteiger partial charge in [-0.3, -0.25) is 9.56 Å². The maximum Gasteiger partial charge on any atom is 0.171 e. The van der Waals surface area contributed by atoms with Crippen LogP contribution in [-0.2, 0) is 10.3 Å². The molecule has 1 saturated heterocycles. The molecule has 1 fully saturated rings. The Bertz CT molecular complexity index is 1060. The molecule has 0 aliphatic carbocycles. The molecule has 0 N–H and O–H groups in total. The fourth-order valence-corrected chi connectivity index (χ4v) is 4.91. The number of halogens is 1. The maximum atomic E-state index is 6.11. The molecule has 0 saturated carbocycles. The van der Waals surface area contributed by atoms with Crippen LogP contribution < -0.4 is 0 Å². The van der Waals surface area contributed by atoms with Crippen molar-refractivity contribution in [3.63, 3.8) is 0 Å². The van der Waals surface area contributed by atoms with Gasteiger partial charge < -0.3 is 4.74 Å². The fourth-order valence-electron chi connectivity index (χ4n) is 3.58. The second-order valence-corrected chi connectivity index (χ2v) is 8.50. The van der Waals surface area contributed by atoms with E-state index in [1.54, 1.807) is 11.3 Å². The highest BCUT2D eigenvalue weighted by atomic mass is 35.5. The van der Waals surface area contributed by atoms with Gasteiger partial charge in [-0.1, -0.05) is 23.7 Å². The van der Waals surface area contributed by atoms with Gasteiger partial charge in [-0.2, -0.15) is 0 Å². The Balaban J connectivity index is 1.86. The van der Waals surface area contributed by atoms with E-state index in [-0.39, 0.29) is 0 Å². The summed E-state index contributed by atoms with van der Waals surface area (Å²) in [5.74, 6) is 1.74. The highest BCUT2D eigenvalue weighted by Crippen LogP contribution is 2.43. The lowest BCUT2D eigenvalue weighted by atomic mass is 9.95. The molecule has 2 aliphatic heterocycles. The average molecular weight is 385 g/mol.